The summed E-state index contributed by atoms with van der Waals surface area (Å²) in [6, 6.07) is 23.7. The van der Waals surface area contributed by atoms with Crippen molar-refractivity contribution >= 4 is 28.6 Å². The number of aromatic nitrogens is 3. The molecule has 196 valence electrons. The first kappa shape index (κ1) is 25.8. The van der Waals surface area contributed by atoms with Gasteiger partial charge in [-0.2, -0.15) is 4.99 Å². The maximum absolute atomic E-state index is 13.4. The van der Waals surface area contributed by atoms with Crippen molar-refractivity contribution in [2.75, 3.05) is 6.61 Å². The molecule has 0 aliphatic carbocycles. The van der Waals surface area contributed by atoms with Gasteiger partial charge in [-0.3, -0.25) is 14.0 Å². The number of rotatable bonds is 6. The van der Waals surface area contributed by atoms with E-state index in [1.807, 2.05) is 56.3 Å². The second-order valence-corrected chi connectivity index (χ2v) is 9.55. The summed E-state index contributed by atoms with van der Waals surface area (Å²) in [5.74, 6) is -1.09. The summed E-state index contributed by atoms with van der Waals surface area (Å²) < 4.78 is 8.41. The van der Waals surface area contributed by atoms with E-state index in [1.54, 1.807) is 48.0 Å². The highest BCUT2D eigenvalue weighted by molar-refractivity contribution is 5.97. The minimum absolute atomic E-state index is 0.0361. The normalized spacial score (nSPS) is 11.8. The van der Waals surface area contributed by atoms with Gasteiger partial charge < -0.3 is 9.30 Å². The SMILES string of the molecule is CCOC(=O)c1cc2c(=O)n3ccccc3nc2n(CC(C)C)c1=NC(=O)c1ccc(-c2ccccc2)cc1. The maximum atomic E-state index is 13.4. The van der Waals surface area contributed by atoms with E-state index < -0.39 is 11.9 Å². The molecule has 0 aliphatic rings. The molecule has 0 radical (unpaired) electrons. The van der Waals surface area contributed by atoms with Crippen molar-refractivity contribution in [2.45, 2.75) is 27.3 Å². The number of pyridine rings is 2. The molecule has 0 N–H and O–H groups in total. The number of hydrogen-bond acceptors (Lipinski definition) is 5. The van der Waals surface area contributed by atoms with Crippen LogP contribution in [-0.4, -0.2) is 32.4 Å². The van der Waals surface area contributed by atoms with Crippen molar-refractivity contribution in [3.63, 3.8) is 0 Å². The molecule has 8 heteroatoms. The Labute approximate surface area is 224 Å². The number of esters is 1. The number of fused-ring (bicyclic) bond motifs is 2. The van der Waals surface area contributed by atoms with Crippen LogP contribution in [0.2, 0.25) is 0 Å². The summed E-state index contributed by atoms with van der Waals surface area (Å²) in [5, 5.41) is 0.237. The number of ether oxygens (including phenoxy) is 1. The molecular formula is C31H28N4O4. The fraction of sp³-hybridized carbons (Fsp3) is 0.194. The van der Waals surface area contributed by atoms with Gasteiger partial charge in [0.25, 0.3) is 11.5 Å². The molecule has 0 unspecified atom stereocenters. The van der Waals surface area contributed by atoms with E-state index in [4.69, 9.17) is 9.72 Å². The molecule has 5 rings (SSSR count). The Balaban J connectivity index is 1.75. The Hall–Kier alpha value is -4.85. The zero-order chi connectivity index (χ0) is 27.5. The number of benzene rings is 2. The molecule has 0 aliphatic heterocycles. The highest BCUT2D eigenvalue weighted by Gasteiger charge is 2.21. The van der Waals surface area contributed by atoms with Gasteiger partial charge in [0.15, 0.2) is 5.49 Å². The van der Waals surface area contributed by atoms with E-state index in [1.165, 1.54) is 10.5 Å². The van der Waals surface area contributed by atoms with Crippen molar-refractivity contribution in [1.29, 1.82) is 0 Å². The first-order chi connectivity index (χ1) is 18.9. The second-order valence-electron chi connectivity index (χ2n) is 9.55. The molecule has 8 nitrogen and oxygen atoms in total. The number of hydrogen-bond donors (Lipinski definition) is 0. The molecule has 3 aromatic heterocycles. The molecule has 3 heterocycles. The number of nitrogens with zero attached hydrogens (tertiary/aromatic N) is 4. The topological polar surface area (TPSA) is 95.0 Å². The average molecular weight is 521 g/mol. The van der Waals surface area contributed by atoms with Crippen LogP contribution in [0.1, 0.15) is 41.5 Å². The summed E-state index contributed by atoms with van der Waals surface area (Å²) in [7, 11) is 0. The van der Waals surface area contributed by atoms with E-state index in [-0.39, 0.29) is 34.5 Å². The van der Waals surface area contributed by atoms with Crippen LogP contribution in [-0.2, 0) is 11.3 Å². The highest BCUT2D eigenvalue weighted by Crippen LogP contribution is 2.20. The van der Waals surface area contributed by atoms with Gasteiger partial charge in [-0.1, -0.05) is 62.4 Å². The van der Waals surface area contributed by atoms with Crippen LogP contribution in [0.4, 0.5) is 0 Å². The first-order valence-corrected chi connectivity index (χ1v) is 12.8. The summed E-state index contributed by atoms with van der Waals surface area (Å²) >= 11 is 0. The van der Waals surface area contributed by atoms with Gasteiger partial charge in [-0.05, 0) is 54.3 Å². The summed E-state index contributed by atoms with van der Waals surface area (Å²) in [6.45, 7) is 6.19. The molecule has 0 bridgehead atoms. The van der Waals surface area contributed by atoms with Gasteiger partial charge in [0, 0.05) is 18.3 Å². The Morgan fingerprint density at radius 1 is 0.949 bits per heavy atom. The molecule has 0 atom stereocenters. The minimum Gasteiger partial charge on any atom is -0.462 e. The van der Waals surface area contributed by atoms with E-state index in [0.717, 1.165) is 11.1 Å². The molecular weight excluding hydrogens is 492 g/mol. The summed E-state index contributed by atoms with van der Waals surface area (Å²) in [5.41, 5.74) is 2.99. The predicted octanol–water partition coefficient (Wildman–Crippen LogP) is 4.89. The van der Waals surface area contributed by atoms with Crippen LogP contribution in [0.25, 0.3) is 27.8 Å². The van der Waals surface area contributed by atoms with E-state index in [9.17, 15) is 14.4 Å². The zero-order valence-corrected chi connectivity index (χ0v) is 22.0. The lowest BCUT2D eigenvalue weighted by molar-refractivity contribution is 0.0523. The van der Waals surface area contributed by atoms with Crippen LogP contribution in [0.5, 0.6) is 0 Å². The molecule has 2 aromatic carbocycles. The van der Waals surface area contributed by atoms with Gasteiger partial charge in [0.2, 0.25) is 0 Å². The van der Waals surface area contributed by atoms with Crippen LogP contribution in [0.3, 0.4) is 0 Å². The van der Waals surface area contributed by atoms with Crippen LogP contribution in [0, 0.1) is 5.92 Å². The number of carbonyl (C=O) groups is 2. The number of carbonyl (C=O) groups excluding carboxylic acids is 2. The minimum atomic E-state index is -0.666. The molecule has 0 saturated heterocycles. The Bertz CT molecular complexity index is 1820. The Morgan fingerprint density at radius 3 is 2.33 bits per heavy atom. The number of amides is 1. The van der Waals surface area contributed by atoms with Crippen molar-refractivity contribution < 1.29 is 14.3 Å². The fourth-order valence-corrected chi connectivity index (χ4v) is 4.49. The Morgan fingerprint density at radius 2 is 1.64 bits per heavy atom. The highest BCUT2D eigenvalue weighted by atomic mass is 16.5. The van der Waals surface area contributed by atoms with Gasteiger partial charge in [0.05, 0.1) is 12.0 Å². The molecule has 5 aromatic rings. The van der Waals surface area contributed by atoms with Crippen LogP contribution >= 0.6 is 0 Å². The van der Waals surface area contributed by atoms with Crippen LogP contribution < -0.4 is 11.0 Å². The van der Waals surface area contributed by atoms with E-state index >= 15 is 0 Å². The quantitative estimate of drug-likeness (QED) is 0.235. The Kier molecular flexibility index (Phi) is 7.19. The molecule has 0 spiro atoms. The van der Waals surface area contributed by atoms with Gasteiger partial charge >= 0.3 is 5.97 Å². The first-order valence-electron chi connectivity index (χ1n) is 12.8. The smallest absolute Gasteiger partial charge is 0.341 e. The molecule has 0 saturated carbocycles. The van der Waals surface area contributed by atoms with Crippen molar-refractivity contribution in [3.05, 3.63) is 112 Å². The largest absolute Gasteiger partial charge is 0.462 e. The molecule has 1 amide bonds. The standard InChI is InChI=1S/C31H28N4O4/c1-4-39-31(38)25-18-24-27(32-26-12-8-9-17-34(26)30(24)37)35(19-20(2)3)28(25)33-29(36)23-15-13-22(14-16-23)21-10-6-5-7-11-21/h5-18,20H,4,19H2,1-3H3. The van der Waals surface area contributed by atoms with E-state index in [0.29, 0.717) is 23.4 Å². The fourth-order valence-electron chi connectivity index (χ4n) is 4.49. The lowest BCUT2D eigenvalue weighted by Gasteiger charge is -2.16. The van der Waals surface area contributed by atoms with Crippen molar-refractivity contribution in [1.82, 2.24) is 14.0 Å². The van der Waals surface area contributed by atoms with Gasteiger partial charge in [-0.15, -0.1) is 0 Å². The molecule has 0 fully saturated rings. The summed E-state index contributed by atoms with van der Waals surface area (Å²) in [4.78, 5) is 49.1. The predicted molar refractivity (Wildman–Crippen MR) is 150 cm³/mol. The monoisotopic (exact) mass is 520 g/mol. The third-order valence-electron chi connectivity index (χ3n) is 6.28. The van der Waals surface area contributed by atoms with Crippen LogP contribution in [0.15, 0.2) is 94.8 Å². The van der Waals surface area contributed by atoms with Gasteiger partial charge in [0.1, 0.15) is 16.9 Å². The summed E-state index contributed by atoms with van der Waals surface area (Å²) in [6.07, 6.45) is 1.63. The zero-order valence-electron chi connectivity index (χ0n) is 22.0. The maximum Gasteiger partial charge on any atom is 0.341 e. The third kappa shape index (κ3) is 5.13. The molecule has 39 heavy (non-hydrogen) atoms. The third-order valence-corrected chi connectivity index (χ3v) is 6.28. The van der Waals surface area contributed by atoms with Crippen molar-refractivity contribution in [2.24, 2.45) is 10.9 Å². The van der Waals surface area contributed by atoms with Crippen molar-refractivity contribution in [3.8, 4) is 11.1 Å². The average Bonchev–Trinajstić information content (AvgIpc) is 2.95. The lowest BCUT2D eigenvalue weighted by atomic mass is 10.0. The van der Waals surface area contributed by atoms with Gasteiger partial charge in [-0.25, -0.2) is 9.78 Å². The lowest BCUT2D eigenvalue weighted by Crippen LogP contribution is -2.33. The van der Waals surface area contributed by atoms with E-state index in [2.05, 4.69) is 4.99 Å². The second kappa shape index (κ2) is 10.9.